The van der Waals surface area contributed by atoms with Gasteiger partial charge in [0.2, 0.25) is 5.91 Å². The molecule has 0 aliphatic carbocycles. The molecule has 0 aliphatic rings. The number of ether oxygens (including phenoxy) is 1. The Morgan fingerprint density at radius 1 is 1.37 bits per heavy atom. The number of methoxy groups -OCH3 is 1. The number of rotatable bonds is 6. The van der Waals surface area contributed by atoms with Gasteiger partial charge >= 0.3 is 0 Å². The number of amides is 1. The number of carbonyl (C=O) groups excluding carboxylic acids is 1. The SMILES string of the molecule is CCCNC(=O)C(C)Nc1cc(OC)c(Br)cc1Br. The molecule has 1 aromatic rings. The fourth-order valence-corrected chi connectivity index (χ4v) is 2.77. The minimum atomic E-state index is -0.311. The van der Waals surface area contributed by atoms with Crippen LogP contribution in [0.4, 0.5) is 5.69 Å². The average molecular weight is 394 g/mol. The lowest BCUT2D eigenvalue weighted by Gasteiger charge is -2.17. The van der Waals surface area contributed by atoms with Gasteiger partial charge in [0.1, 0.15) is 11.8 Å². The zero-order valence-electron chi connectivity index (χ0n) is 11.2. The molecule has 0 aliphatic heterocycles. The molecule has 1 aromatic carbocycles. The third-order valence-corrected chi connectivity index (χ3v) is 3.83. The van der Waals surface area contributed by atoms with Crippen LogP contribution in [0.3, 0.4) is 0 Å². The van der Waals surface area contributed by atoms with Crippen molar-refractivity contribution < 1.29 is 9.53 Å². The highest BCUT2D eigenvalue weighted by molar-refractivity contribution is 9.11. The molecule has 0 saturated carbocycles. The van der Waals surface area contributed by atoms with E-state index in [-0.39, 0.29) is 11.9 Å². The maximum atomic E-state index is 11.8. The summed E-state index contributed by atoms with van der Waals surface area (Å²) >= 11 is 6.87. The van der Waals surface area contributed by atoms with Crippen LogP contribution < -0.4 is 15.4 Å². The van der Waals surface area contributed by atoms with E-state index in [4.69, 9.17) is 4.74 Å². The van der Waals surface area contributed by atoms with Crippen LogP contribution in [0.25, 0.3) is 0 Å². The van der Waals surface area contributed by atoms with Crippen LogP contribution >= 0.6 is 31.9 Å². The van der Waals surface area contributed by atoms with Crippen LogP contribution in [-0.2, 0) is 4.79 Å². The summed E-state index contributed by atoms with van der Waals surface area (Å²) < 4.78 is 6.97. The molecule has 2 N–H and O–H groups in total. The molecule has 0 spiro atoms. The van der Waals surface area contributed by atoms with E-state index < -0.39 is 0 Å². The predicted molar refractivity (Wildman–Crippen MR) is 84.8 cm³/mol. The summed E-state index contributed by atoms with van der Waals surface area (Å²) in [5, 5.41) is 6.02. The molecule has 1 atom stereocenters. The molecule has 106 valence electrons. The monoisotopic (exact) mass is 392 g/mol. The van der Waals surface area contributed by atoms with Gasteiger partial charge in [-0.15, -0.1) is 0 Å². The molecule has 0 radical (unpaired) electrons. The molecule has 19 heavy (non-hydrogen) atoms. The van der Waals surface area contributed by atoms with Crippen LogP contribution in [-0.4, -0.2) is 25.6 Å². The average Bonchev–Trinajstić information content (AvgIpc) is 2.38. The summed E-state index contributed by atoms with van der Waals surface area (Å²) in [6.45, 7) is 4.54. The molecule has 1 amide bonds. The van der Waals surface area contributed by atoms with E-state index in [1.165, 1.54) is 0 Å². The Hall–Kier alpha value is -0.750. The van der Waals surface area contributed by atoms with Crippen molar-refractivity contribution in [2.24, 2.45) is 0 Å². The summed E-state index contributed by atoms with van der Waals surface area (Å²) in [5.41, 5.74) is 0.819. The summed E-state index contributed by atoms with van der Waals surface area (Å²) in [4.78, 5) is 11.8. The first-order chi connectivity index (χ1) is 8.99. The number of halogens is 2. The fourth-order valence-electron chi connectivity index (χ4n) is 1.50. The van der Waals surface area contributed by atoms with Crippen molar-refractivity contribution in [3.8, 4) is 5.75 Å². The predicted octanol–water partition coefficient (Wildman–Crippen LogP) is 3.55. The second-order valence-electron chi connectivity index (χ2n) is 4.12. The third kappa shape index (κ3) is 4.69. The van der Waals surface area contributed by atoms with Gasteiger partial charge in [-0.3, -0.25) is 4.79 Å². The molecule has 0 heterocycles. The third-order valence-electron chi connectivity index (χ3n) is 2.56. The molecule has 1 unspecified atom stereocenters. The highest BCUT2D eigenvalue weighted by Gasteiger charge is 2.14. The van der Waals surface area contributed by atoms with E-state index in [1.807, 2.05) is 26.0 Å². The van der Waals surface area contributed by atoms with Crippen LogP contribution in [0.2, 0.25) is 0 Å². The van der Waals surface area contributed by atoms with Crippen molar-refractivity contribution in [1.29, 1.82) is 0 Å². The number of hydrogen-bond acceptors (Lipinski definition) is 3. The maximum absolute atomic E-state index is 11.8. The Balaban J connectivity index is 2.78. The fraction of sp³-hybridized carbons (Fsp3) is 0.462. The van der Waals surface area contributed by atoms with Gasteiger partial charge in [-0.05, 0) is 51.3 Å². The van der Waals surface area contributed by atoms with Gasteiger partial charge in [0.25, 0.3) is 0 Å². The second-order valence-corrected chi connectivity index (χ2v) is 5.83. The highest BCUT2D eigenvalue weighted by Crippen LogP contribution is 2.34. The van der Waals surface area contributed by atoms with Crippen molar-refractivity contribution in [2.75, 3.05) is 19.0 Å². The lowest BCUT2D eigenvalue weighted by atomic mass is 10.2. The van der Waals surface area contributed by atoms with Crippen LogP contribution in [0.1, 0.15) is 20.3 Å². The topological polar surface area (TPSA) is 50.4 Å². The number of nitrogens with one attached hydrogen (secondary N) is 2. The van der Waals surface area contributed by atoms with Gasteiger partial charge in [0, 0.05) is 17.1 Å². The Bertz CT molecular complexity index is 453. The van der Waals surface area contributed by atoms with Gasteiger partial charge in [0.15, 0.2) is 0 Å². The second kappa shape index (κ2) is 7.75. The standard InChI is InChI=1S/C13H18Br2N2O2/c1-4-5-16-13(18)8(2)17-11-7-12(19-3)10(15)6-9(11)14/h6-8,17H,4-5H2,1-3H3,(H,16,18). The lowest BCUT2D eigenvalue weighted by Crippen LogP contribution is -2.37. The first kappa shape index (κ1) is 16.3. The van der Waals surface area contributed by atoms with Gasteiger partial charge in [-0.2, -0.15) is 0 Å². The number of benzene rings is 1. The number of carbonyl (C=O) groups is 1. The quantitative estimate of drug-likeness (QED) is 0.776. The molecule has 1 rings (SSSR count). The summed E-state index contributed by atoms with van der Waals surface area (Å²) in [6.07, 6.45) is 0.925. The Kier molecular flexibility index (Phi) is 6.65. The van der Waals surface area contributed by atoms with Crippen molar-refractivity contribution in [3.05, 3.63) is 21.1 Å². The summed E-state index contributed by atoms with van der Waals surface area (Å²) in [7, 11) is 1.61. The molecule has 4 nitrogen and oxygen atoms in total. The minimum Gasteiger partial charge on any atom is -0.495 e. The summed E-state index contributed by atoms with van der Waals surface area (Å²) in [6, 6.07) is 3.42. The number of anilines is 1. The Morgan fingerprint density at radius 2 is 2.05 bits per heavy atom. The maximum Gasteiger partial charge on any atom is 0.242 e. The van der Waals surface area contributed by atoms with E-state index in [9.17, 15) is 4.79 Å². The van der Waals surface area contributed by atoms with E-state index in [1.54, 1.807) is 7.11 Å². The largest absolute Gasteiger partial charge is 0.495 e. The smallest absolute Gasteiger partial charge is 0.242 e. The van der Waals surface area contributed by atoms with Crippen LogP contribution in [0, 0.1) is 0 Å². The molecule has 0 aromatic heterocycles. The Morgan fingerprint density at radius 3 is 2.63 bits per heavy atom. The minimum absolute atomic E-state index is 0.0179. The van der Waals surface area contributed by atoms with Gasteiger partial charge in [-0.1, -0.05) is 6.92 Å². The number of hydrogen-bond donors (Lipinski definition) is 2. The molecule has 6 heteroatoms. The zero-order valence-corrected chi connectivity index (χ0v) is 14.4. The van der Waals surface area contributed by atoms with Crippen molar-refractivity contribution in [1.82, 2.24) is 5.32 Å². The van der Waals surface area contributed by atoms with Crippen LogP contribution in [0.5, 0.6) is 5.75 Å². The Labute approximate surface area is 130 Å². The van der Waals surface area contributed by atoms with Gasteiger partial charge in [-0.25, -0.2) is 0 Å². The van der Waals surface area contributed by atoms with Crippen molar-refractivity contribution in [3.63, 3.8) is 0 Å². The first-order valence-corrected chi connectivity index (χ1v) is 7.65. The molecule has 0 fully saturated rings. The van der Waals surface area contributed by atoms with E-state index in [0.717, 1.165) is 21.1 Å². The molecular weight excluding hydrogens is 376 g/mol. The molecule has 0 bridgehead atoms. The molecule has 0 saturated heterocycles. The van der Waals surface area contributed by atoms with Crippen molar-refractivity contribution >= 4 is 43.5 Å². The highest BCUT2D eigenvalue weighted by atomic mass is 79.9. The van der Waals surface area contributed by atoms with Crippen LogP contribution in [0.15, 0.2) is 21.1 Å². The zero-order chi connectivity index (χ0) is 14.4. The molecular formula is C13H18Br2N2O2. The summed E-state index contributed by atoms with van der Waals surface area (Å²) in [5.74, 6) is 0.697. The van der Waals surface area contributed by atoms with Crippen molar-refractivity contribution in [2.45, 2.75) is 26.3 Å². The first-order valence-electron chi connectivity index (χ1n) is 6.06. The van der Waals surface area contributed by atoms with Gasteiger partial charge < -0.3 is 15.4 Å². The normalized spacial score (nSPS) is 11.8. The van der Waals surface area contributed by atoms with Gasteiger partial charge in [0.05, 0.1) is 17.3 Å². The van der Waals surface area contributed by atoms with E-state index in [2.05, 4.69) is 42.5 Å². The van der Waals surface area contributed by atoms with E-state index >= 15 is 0 Å². The lowest BCUT2D eigenvalue weighted by molar-refractivity contribution is -0.121. The van der Waals surface area contributed by atoms with E-state index in [0.29, 0.717) is 12.3 Å².